The minimum Gasteiger partial charge on any atom is -0.493 e. The Labute approximate surface area is 188 Å². The van der Waals surface area contributed by atoms with Crippen LogP contribution in [0.5, 0.6) is 34.6 Å². The molecule has 5 nitrogen and oxygen atoms in total. The highest BCUT2D eigenvalue weighted by atomic mass is 16.5. The van der Waals surface area contributed by atoms with Gasteiger partial charge in [-0.2, -0.15) is 0 Å². The molecule has 0 aliphatic carbocycles. The monoisotopic (exact) mass is 429 g/mol. The molecular formula is C27H27NO4. The van der Waals surface area contributed by atoms with Crippen LogP contribution >= 0.6 is 0 Å². The molecule has 0 saturated carbocycles. The molecular weight excluding hydrogens is 402 g/mol. The van der Waals surface area contributed by atoms with E-state index < -0.39 is 0 Å². The number of benzene rings is 3. The molecule has 4 rings (SSSR count). The number of hydrogen-bond acceptors (Lipinski definition) is 5. The van der Waals surface area contributed by atoms with Crippen LogP contribution in [0.2, 0.25) is 0 Å². The Kier molecular flexibility index (Phi) is 5.91. The predicted molar refractivity (Wildman–Crippen MR) is 127 cm³/mol. The summed E-state index contributed by atoms with van der Waals surface area (Å²) in [7, 11) is 3.22. The summed E-state index contributed by atoms with van der Waals surface area (Å²) in [5, 5.41) is 0.941. The van der Waals surface area contributed by atoms with E-state index in [1.807, 2.05) is 60.7 Å². The molecule has 0 atom stereocenters. The van der Waals surface area contributed by atoms with Crippen molar-refractivity contribution in [3.05, 3.63) is 78.4 Å². The van der Waals surface area contributed by atoms with Crippen molar-refractivity contribution in [2.24, 2.45) is 0 Å². The fraction of sp³-hybridized carbons (Fsp3) is 0.222. The number of aromatic nitrogens is 1. The van der Waals surface area contributed by atoms with Gasteiger partial charge in [0, 0.05) is 17.5 Å². The molecule has 4 aromatic rings. The molecule has 0 aliphatic rings. The van der Waals surface area contributed by atoms with E-state index in [9.17, 15) is 0 Å². The molecule has 0 saturated heterocycles. The third kappa shape index (κ3) is 4.78. The molecule has 1 heterocycles. The average Bonchev–Trinajstić information content (AvgIpc) is 2.79. The summed E-state index contributed by atoms with van der Waals surface area (Å²) in [6, 6.07) is 23.2. The van der Waals surface area contributed by atoms with Crippen LogP contribution in [-0.4, -0.2) is 19.2 Å². The van der Waals surface area contributed by atoms with Gasteiger partial charge >= 0.3 is 0 Å². The van der Waals surface area contributed by atoms with Gasteiger partial charge in [0.25, 0.3) is 0 Å². The third-order valence-corrected chi connectivity index (χ3v) is 5.17. The smallest absolute Gasteiger partial charge is 0.219 e. The van der Waals surface area contributed by atoms with Crippen molar-refractivity contribution in [2.75, 3.05) is 14.2 Å². The fourth-order valence-electron chi connectivity index (χ4n) is 3.34. The first kappa shape index (κ1) is 21.5. The Morgan fingerprint density at radius 1 is 0.625 bits per heavy atom. The van der Waals surface area contributed by atoms with Crippen LogP contribution in [0.25, 0.3) is 10.9 Å². The van der Waals surface area contributed by atoms with Crippen molar-refractivity contribution in [3.63, 3.8) is 0 Å². The van der Waals surface area contributed by atoms with Gasteiger partial charge < -0.3 is 18.9 Å². The molecule has 5 heteroatoms. The summed E-state index contributed by atoms with van der Waals surface area (Å²) in [5.41, 5.74) is 2.15. The minimum absolute atomic E-state index is 0.117. The first-order valence-electron chi connectivity index (χ1n) is 10.4. The van der Waals surface area contributed by atoms with Crippen LogP contribution in [0.3, 0.4) is 0 Å². The van der Waals surface area contributed by atoms with E-state index in [-0.39, 0.29) is 5.41 Å². The lowest BCUT2D eigenvalue weighted by molar-refractivity contribution is 0.355. The van der Waals surface area contributed by atoms with Crippen LogP contribution in [-0.2, 0) is 5.41 Å². The second-order valence-corrected chi connectivity index (χ2v) is 8.50. The van der Waals surface area contributed by atoms with Crippen LogP contribution in [0, 0.1) is 0 Å². The number of rotatable bonds is 6. The highest BCUT2D eigenvalue weighted by Gasteiger charge is 2.13. The standard InChI is InChI=1S/C27H27NO4/c1-27(2,3)19-7-9-20(10-8-19)31-21-11-13-22(14-12-21)32-26-15-6-18-16-24(29-4)25(30-5)17-23(18)28-26/h6-17H,1-5H3. The van der Waals surface area contributed by atoms with Crippen LogP contribution < -0.4 is 18.9 Å². The lowest BCUT2D eigenvalue weighted by Gasteiger charge is -2.19. The molecule has 0 bridgehead atoms. The maximum atomic E-state index is 5.96. The lowest BCUT2D eigenvalue weighted by atomic mass is 9.87. The van der Waals surface area contributed by atoms with Crippen LogP contribution in [0.4, 0.5) is 0 Å². The highest BCUT2D eigenvalue weighted by Crippen LogP contribution is 2.33. The Hall–Kier alpha value is -3.73. The number of pyridine rings is 1. The Morgan fingerprint density at radius 2 is 1.16 bits per heavy atom. The number of fused-ring (bicyclic) bond motifs is 1. The second kappa shape index (κ2) is 8.79. The summed E-state index contributed by atoms with van der Waals surface area (Å²) in [5.74, 6) is 4.00. The molecule has 1 aromatic heterocycles. The molecule has 0 aliphatic heterocycles. The van der Waals surface area contributed by atoms with Crippen molar-refractivity contribution in [2.45, 2.75) is 26.2 Å². The van der Waals surface area contributed by atoms with Gasteiger partial charge in [0.05, 0.1) is 19.7 Å². The first-order valence-corrected chi connectivity index (χ1v) is 10.4. The Balaban J connectivity index is 1.47. The number of hydrogen-bond donors (Lipinski definition) is 0. The van der Waals surface area contributed by atoms with Crippen molar-refractivity contribution in [1.29, 1.82) is 0 Å². The molecule has 0 amide bonds. The number of methoxy groups -OCH3 is 2. The summed E-state index contributed by atoms with van der Waals surface area (Å²) in [6.45, 7) is 6.58. The molecule has 32 heavy (non-hydrogen) atoms. The second-order valence-electron chi connectivity index (χ2n) is 8.50. The topological polar surface area (TPSA) is 49.8 Å². The van der Waals surface area contributed by atoms with Gasteiger partial charge in [0.1, 0.15) is 17.2 Å². The molecule has 0 unspecified atom stereocenters. The van der Waals surface area contributed by atoms with Gasteiger partial charge in [0.2, 0.25) is 5.88 Å². The zero-order valence-electron chi connectivity index (χ0n) is 19.0. The summed E-state index contributed by atoms with van der Waals surface area (Å²) in [6.07, 6.45) is 0. The fourth-order valence-corrected chi connectivity index (χ4v) is 3.34. The zero-order chi connectivity index (χ0) is 22.7. The maximum absolute atomic E-state index is 5.96. The summed E-state index contributed by atoms with van der Waals surface area (Å²) < 4.78 is 22.6. The van der Waals surface area contributed by atoms with Crippen LogP contribution in [0.1, 0.15) is 26.3 Å². The van der Waals surface area contributed by atoms with Gasteiger partial charge in [-0.3, -0.25) is 0 Å². The van der Waals surface area contributed by atoms with Crippen LogP contribution in [0.15, 0.2) is 72.8 Å². The van der Waals surface area contributed by atoms with Gasteiger partial charge in [-0.25, -0.2) is 4.98 Å². The average molecular weight is 430 g/mol. The first-order chi connectivity index (χ1) is 15.4. The van der Waals surface area contributed by atoms with E-state index in [1.165, 1.54) is 5.56 Å². The van der Waals surface area contributed by atoms with Crippen molar-refractivity contribution in [3.8, 4) is 34.6 Å². The number of ether oxygens (including phenoxy) is 4. The largest absolute Gasteiger partial charge is 0.493 e. The quantitative estimate of drug-likeness (QED) is 0.326. The van der Waals surface area contributed by atoms with E-state index in [2.05, 4.69) is 37.9 Å². The van der Waals surface area contributed by atoms with E-state index in [1.54, 1.807) is 14.2 Å². The number of nitrogens with zero attached hydrogens (tertiary/aromatic N) is 1. The highest BCUT2D eigenvalue weighted by molar-refractivity contribution is 5.83. The molecule has 164 valence electrons. The van der Waals surface area contributed by atoms with Gasteiger partial charge in [-0.1, -0.05) is 32.9 Å². The molecule has 0 fully saturated rings. The van der Waals surface area contributed by atoms with Crippen molar-refractivity contribution >= 4 is 10.9 Å². The molecule has 3 aromatic carbocycles. The van der Waals surface area contributed by atoms with Gasteiger partial charge in [-0.05, 0) is 59.5 Å². The van der Waals surface area contributed by atoms with Crippen molar-refractivity contribution in [1.82, 2.24) is 4.98 Å². The minimum atomic E-state index is 0.117. The van der Waals surface area contributed by atoms with Gasteiger partial charge in [0.15, 0.2) is 11.5 Å². The Morgan fingerprint density at radius 3 is 1.72 bits per heavy atom. The third-order valence-electron chi connectivity index (χ3n) is 5.17. The predicted octanol–water partition coefficient (Wildman–Crippen LogP) is 7.13. The van der Waals surface area contributed by atoms with E-state index >= 15 is 0 Å². The maximum Gasteiger partial charge on any atom is 0.219 e. The summed E-state index contributed by atoms with van der Waals surface area (Å²) in [4.78, 5) is 4.58. The van der Waals surface area contributed by atoms with E-state index in [0.29, 0.717) is 23.1 Å². The normalized spacial score (nSPS) is 11.3. The molecule has 0 radical (unpaired) electrons. The van der Waals surface area contributed by atoms with Gasteiger partial charge in [-0.15, -0.1) is 0 Å². The van der Waals surface area contributed by atoms with E-state index in [4.69, 9.17) is 18.9 Å². The zero-order valence-corrected chi connectivity index (χ0v) is 19.0. The lowest BCUT2D eigenvalue weighted by Crippen LogP contribution is -2.10. The molecule has 0 spiro atoms. The van der Waals surface area contributed by atoms with E-state index in [0.717, 1.165) is 22.4 Å². The molecule has 0 N–H and O–H groups in total. The summed E-state index contributed by atoms with van der Waals surface area (Å²) >= 11 is 0. The SMILES string of the molecule is COc1cc2ccc(Oc3ccc(Oc4ccc(C(C)(C)C)cc4)cc3)nc2cc1OC. The van der Waals surface area contributed by atoms with Crippen molar-refractivity contribution < 1.29 is 18.9 Å². The Bertz CT molecular complexity index is 1210.